The van der Waals surface area contributed by atoms with Crippen LogP contribution in [0.3, 0.4) is 0 Å². The molecule has 2 atom stereocenters. The van der Waals surface area contributed by atoms with Crippen molar-refractivity contribution in [2.45, 2.75) is 31.2 Å². The van der Waals surface area contributed by atoms with Crippen LogP contribution in [0.5, 0.6) is 0 Å². The van der Waals surface area contributed by atoms with E-state index in [0.717, 1.165) is 18.4 Å². The number of halogens is 1. The van der Waals surface area contributed by atoms with Gasteiger partial charge in [0.15, 0.2) is 0 Å². The number of hydrogen-bond donors (Lipinski definition) is 1. The fourth-order valence-corrected chi connectivity index (χ4v) is 2.00. The van der Waals surface area contributed by atoms with Crippen LogP contribution in [0.4, 0.5) is 0 Å². The minimum absolute atomic E-state index is 0.0254. The maximum atomic E-state index is 12.0. The van der Waals surface area contributed by atoms with Gasteiger partial charge in [-0.3, -0.25) is 4.79 Å². The highest BCUT2D eigenvalue weighted by Crippen LogP contribution is 2.20. The van der Waals surface area contributed by atoms with E-state index in [9.17, 15) is 4.79 Å². The number of nitrogens with one attached hydrogen (secondary N) is 1. The molecule has 1 aromatic carbocycles. The van der Waals surface area contributed by atoms with Crippen molar-refractivity contribution < 1.29 is 9.53 Å². The molecule has 18 heavy (non-hydrogen) atoms. The first-order valence-corrected chi connectivity index (χ1v) is 6.61. The zero-order valence-electron chi connectivity index (χ0n) is 10.9. The largest absolute Gasteiger partial charge is 0.383 e. The highest BCUT2D eigenvalue weighted by Gasteiger charge is 2.20. The number of methoxy groups -OCH3 is 1. The van der Waals surface area contributed by atoms with Crippen molar-refractivity contribution in [3.63, 3.8) is 0 Å². The van der Waals surface area contributed by atoms with Crippen LogP contribution in [0.25, 0.3) is 0 Å². The van der Waals surface area contributed by atoms with Crippen molar-refractivity contribution in [1.82, 2.24) is 5.32 Å². The molecule has 0 radical (unpaired) electrons. The third-order valence-corrected chi connectivity index (χ3v) is 3.12. The van der Waals surface area contributed by atoms with Crippen LogP contribution in [0.1, 0.15) is 30.7 Å². The fourth-order valence-electron chi connectivity index (χ4n) is 1.79. The van der Waals surface area contributed by atoms with Crippen molar-refractivity contribution in [1.29, 1.82) is 0 Å². The summed E-state index contributed by atoms with van der Waals surface area (Å²) in [4.78, 5) is 12.0. The van der Waals surface area contributed by atoms with Crippen molar-refractivity contribution in [2.24, 2.45) is 0 Å². The number of hydrogen-bond acceptors (Lipinski definition) is 2. The molecule has 0 saturated carbocycles. The van der Waals surface area contributed by atoms with Gasteiger partial charge in [-0.15, -0.1) is 11.6 Å². The number of carbonyl (C=O) groups is 1. The second kappa shape index (κ2) is 8.11. The summed E-state index contributed by atoms with van der Waals surface area (Å²) in [5, 5.41) is 2.27. The highest BCUT2D eigenvalue weighted by molar-refractivity contribution is 6.30. The van der Waals surface area contributed by atoms with E-state index in [2.05, 4.69) is 12.2 Å². The maximum absolute atomic E-state index is 12.0. The molecule has 2 unspecified atom stereocenters. The number of ether oxygens (including phenoxy) is 1. The molecular formula is C14H20ClNO2. The topological polar surface area (TPSA) is 38.3 Å². The second-order valence-electron chi connectivity index (χ2n) is 4.22. The Balaban J connectivity index is 2.58. The smallest absolute Gasteiger partial charge is 0.242 e. The molecule has 0 aliphatic carbocycles. The van der Waals surface area contributed by atoms with E-state index in [-0.39, 0.29) is 11.9 Å². The van der Waals surface area contributed by atoms with E-state index in [1.54, 1.807) is 7.11 Å². The molecule has 1 N–H and O–H groups in total. The SMILES string of the molecule is CCCC(COC)NC(=O)C(Cl)c1ccccc1. The Morgan fingerprint density at radius 2 is 2.06 bits per heavy atom. The molecule has 0 aliphatic rings. The van der Waals surface area contributed by atoms with Gasteiger partial charge in [-0.1, -0.05) is 43.7 Å². The van der Waals surface area contributed by atoms with Gasteiger partial charge >= 0.3 is 0 Å². The first kappa shape index (κ1) is 15.0. The average Bonchev–Trinajstić information content (AvgIpc) is 2.39. The summed E-state index contributed by atoms with van der Waals surface area (Å²) in [5.41, 5.74) is 0.810. The molecular weight excluding hydrogens is 250 g/mol. The van der Waals surface area contributed by atoms with Crippen molar-refractivity contribution in [2.75, 3.05) is 13.7 Å². The Hall–Kier alpha value is -1.06. The van der Waals surface area contributed by atoms with Crippen LogP contribution in [0, 0.1) is 0 Å². The molecule has 0 bridgehead atoms. The maximum Gasteiger partial charge on any atom is 0.242 e. The first-order valence-electron chi connectivity index (χ1n) is 6.17. The number of amides is 1. The molecule has 0 saturated heterocycles. The summed E-state index contributed by atoms with van der Waals surface area (Å²) in [7, 11) is 1.63. The third-order valence-electron chi connectivity index (χ3n) is 2.67. The van der Waals surface area contributed by atoms with Crippen LogP contribution >= 0.6 is 11.6 Å². The van der Waals surface area contributed by atoms with Crippen LogP contribution in [-0.4, -0.2) is 25.7 Å². The van der Waals surface area contributed by atoms with E-state index in [4.69, 9.17) is 16.3 Å². The van der Waals surface area contributed by atoms with E-state index in [0.29, 0.717) is 6.61 Å². The molecule has 100 valence electrons. The molecule has 3 nitrogen and oxygen atoms in total. The minimum Gasteiger partial charge on any atom is -0.383 e. The lowest BCUT2D eigenvalue weighted by molar-refractivity contribution is -0.122. The Kier molecular flexibility index (Phi) is 6.76. The van der Waals surface area contributed by atoms with Crippen LogP contribution in [-0.2, 0) is 9.53 Å². The highest BCUT2D eigenvalue weighted by atomic mass is 35.5. The molecule has 1 rings (SSSR count). The van der Waals surface area contributed by atoms with Crippen molar-refractivity contribution in [3.8, 4) is 0 Å². The first-order chi connectivity index (χ1) is 8.69. The molecule has 0 fully saturated rings. The molecule has 0 aromatic heterocycles. The Labute approximate surface area is 113 Å². The quantitative estimate of drug-likeness (QED) is 0.773. The van der Waals surface area contributed by atoms with Gasteiger partial charge in [-0.2, -0.15) is 0 Å². The van der Waals surface area contributed by atoms with Crippen molar-refractivity contribution in [3.05, 3.63) is 35.9 Å². The normalized spacial score (nSPS) is 13.9. The molecule has 1 amide bonds. The Bertz CT molecular complexity index is 350. The standard InChI is InChI=1S/C14H20ClNO2/c1-3-7-12(10-18-2)16-14(17)13(15)11-8-5-4-6-9-11/h4-6,8-9,12-13H,3,7,10H2,1-2H3,(H,16,17). The Morgan fingerprint density at radius 3 is 2.61 bits per heavy atom. The van der Waals surface area contributed by atoms with Crippen LogP contribution < -0.4 is 5.32 Å². The molecule has 0 aliphatic heterocycles. The fraction of sp³-hybridized carbons (Fsp3) is 0.500. The Morgan fingerprint density at radius 1 is 1.39 bits per heavy atom. The summed E-state index contributed by atoms with van der Waals surface area (Å²) in [6.45, 7) is 2.59. The van der Waals surface area contributed by atoms with Gasteiger partial charge < -0.3 is 10.1 Å². The zero-order valence-corrected chi connectivity index (χ0v) is 11.6. The monoisotopic (exact) mass is 269 g/mol. The second-order valence-corrected chi connectivity index (χ2v) is 4.66. The van der Waals surface area contributed by atoms with Gasteiger partial charge in [0, 0.05) is 7.11 Å². The predicted octanol–water partition coefficient (Wildman–Crippen LogP) is 2.90. The van der Waals surface area contributed by atoms with Crippen molar-refractivity contribution >= 4 is 17.5 Å². The van der Waals surface area contributed by atoms with Gasteiger partial charge in [0.1, 0.15) is 5.38 Å². The summed E-state index contributed by atoms with van der Waals surface area (Å²) in [6.07, 6.45) is 1.88. The summed E-state index contributed by atoms with van der Waals surface area (Å²) in [5.74, 6) is -0.168. The number of alkyl halides is 1. The number of rotatable bonds is 7. The molecule has 4 heteroatoms. The van der Waals surface area contributed by atoms with Gasteiger partial charge in [0.25, 0.3) is 0 Å². The number of benzene rings is 1. The molecule has 0 heterocycles. The summed E-state index contributed by atoms with van der Waals surface area (Å²) < 4.78 is 5.09. The molecule has 1 aromatic rings. The van der Waals surface area contributed by atoms with Crippen LogP contribution in [0.2, 0.25) is 0 Å². The zero-order chi connectivity index (χ0) is 13.4. The van der Waals surface area contributed by atoms with E-state index >= 15 is 0 Å². The number of carbonyl (C=O) groups excluding carboxylic acids is 1. The summed E-state index contributed by atoms with van der Waals surface area (Å²) in [6, 6.07) is 9.37. The van der Waals surface area contributed by atoms with Crippen LogP contribution in [0.15, 0.2) is 30.3 Å². The molecule has 0 spiro atoms. The van der Waals surface area contributed by atoms with E-state index < -0.39 is 5.38 Å². The van der Waals surface area contributed by atoms with Gasteiger partial charge in [0.05, 0.1) is 12.6 Å². The third kappa shape index (κ3) is 4.67. The predicted molar refractivity (Wildman–Crippen MR) is 73.8 cm³/mol. The van der Waals surface area contributed by atoms with Gasteiger partial charge in [-0.25, -0.2) is 0 Å². The average molecular weight is 270 g/mol. The van der Waals surface area contributed by atoms with Gasteiger partial charge in [0.2, 0.25) is 5.91 Å². The van der Waals surface area contributed by atoms with Gasteiger partial charge in [-0.05, 0) is 12.0 Å². The lowest BCUT2D eigenvalue weighted by Crippen LogP contribution is -2.39. The lowest BCUT2D eigenvalue weighted by Gasteiger charge is -2.19. The van der Waals surface area contributed by atoms with E-state index in [1.165, 1.54) is 0 Å². The van der Waals surface area contributed by atoms with E-state index in [1.807, 2.05) is 30.3 Å². The lowest BCUT2D eigenvalue weighted by atomic mass is 10.1. The minimum atomic E-state index is -0.651. The summed E-state index contributed by atoms with van der Waals surface area (Å²) >= 11 is 6.15.